The Labute approximate surface area is 161 Å². The molecule has 0 aliphatic heterocycles. The van der Waals surface area contributed by atoms with Gasteiger partial charge in [0, 0.05) is 28.4 Å². The summed E-state index contributed by atoms with van der Waals surface area (Å²) in [5, 5.41) is 11.8. The molecular formula is C20H19N3O3S. The first-order valence-corrected chi connectivity index (χ1v) is 9.18. The number of nitrogens with zero attached hydrogens (tertiary/aromatic N) is 3. The quantitative estimate of drug-likeness (QED) is 0.603. The van der Waals surface area contributed by atoms with Crippen LogP contribution in [0.15, 0.2) is 29.6 Å². The van der Waals surface area contributed by atoms with Gasteiger partial charge in [-0.2, -0.15) is 5.26 Å². The minimum Gasteiger partial charge on any atom is -0.493 e. The third-order valence-electron chi connectivity index (χ3n) is 4.18. The van der Waals surface area contributed by atoms with Crippen molar-refractivity contribution in [2.45, 2.75) is 20.8 Å². The van der Waals surface area contributed by atoms with Crippen LogP contribution in [0.25, 0.3) is 5.13 Å². The van der Waals surface area contributed by atoms with E-state index in [-0.39, 0.29) is 12.4 Å². The van der Waals surface area contributed by atoms with E-state index in [2.05, 4.69) is 4.98 Å². The first-order valence-electron chi connectivity index (χ1n) is 8.30. The Morgan fingerprint density at radius 3 is 2.67 bits per heavy atom. The molecular weight excluding hydrogens is 362 g/mol. The number of aryl methyl sites for hydroxylation is 2. The van der Waals surface area contributed by atoms with Crippen molar-refractivity contribution in [3.63, 3.8) is 0 Å². The van der Waals surface area contributed by atoms with Crippen LogP contribution >= 0.6 is 11.3 Å². The average molecular weight is 381 g/mol. The van der Waals surface area contributed by atoms with Gasteiger partial charge in [-0.1, -0.05) is 0 Å². The van der Waals surface area contributed by atoms with Crippen LogP contribution in [0, 0.1) is 32.1 Å². The van der Waals surface area contributed by atoms with E-state index in [1.807, 2.05) is 42.9 Å². The van der Waals surface area contributed by atoms with Gasteiger partial charge in [0.15, 0.2) is 23.2 Å². The predicted molar refractivity (Wildman–Crippen MR) is 103 cm³/mol. The average Bonchev–Trinajstić information content (AvgIpc) is 3.21. The van der Waals surface area contributed by atoms with E-state index in [1.54, 1.807) is 29.5 Å². The van der Waals surface area contributed by atoms with Crippen molar-refractivity contribution in [1.82, 2.24) is 9.55 Å². The fourth-order valence-corrected chi connectivity index (χ4v) is 3.77. The summed E-state index contributed by atoms with van der Waals surface area (Å²) in [5.74, 6) is 0.717. The van der Waals surface area contributed by atoms with Gasteiger partial charge in [0.2, 0.25) is 5.78 Å². The highest BCUT2D eigenvalue weighted by molar-refractivity contribution is 7.12. The molecule has 0 spiro atoms. The van der Waals surface area contributed by atoms with Crippen molar-refractivity contribution in [1.29, 1.82) is 5.26 Å². The summed E-state index contributed by atoms with van der Waals surface area (Å²) < 4.78 is 12.9. The Balaban J connectivity index is 1.81. The molecule has 0 bridgehead atoms. The number of carbonyl (C=O) groups is 1. The van der Waals surface area contributed by atoms with Crippen molar-refractivity contribution >= 4 is 17.1 Å². The number of ketones is 1. The molecule has 0 saturated carbocycles. The molecule has 0 atom stereocenters. The molecule has 0 amide bonds. The number of thiazole rings is 1. The molecule has 1 aromatic carbocycles. The van der Waals surface area contributed by atoms with E-state index in [0.29, 0.717) is 22.6 Å². The zero-order chi connectivity index (χ0) is 19.6. The molecule has 0 fully saturated rings. The Kier molecular flexibility index (Phi) is 5.28. The maximum atomic E-state index is 12.7. The fraction of sp³-hybridized carbons (Fsp3) is 0.250. The minimum absolute atomic E-state index is 0.122. The largest absolute Gasteiger partial charge is 0.493 e. The zero-order valence-corrected chi connectivity index (χ0v) is 16.4. The van der Waals surface area contributed by atoms with Crippen LogP contribution in [0.3, 0.4) is 0 Å². The van der Waals surface area contributed by atoms with Gasteiger partial charge in [0.1, 0.15) is 0 Å². The van der Waals surface area contributed by atoms with E-state index in [4.69, 9.17) is 14.7 Å². The Morgan fingerprint density at radius 1 is 1.26 bits per heavy atom. The number of hydrogen-bond acceptors (Lipinski definition) is 6. The SMILES string of the molecule is COc1cc(C#N)ccc1OCC(=O)c1cc(C)n(-c2nc(C)cs2)c1C. The van der Waals surface area contributed by atoms with Crippen molar-refractivity contribution < 1.29 is 14.3 Å². The molecule has 0 N–H and O–H groups in total. The van der Waals surface area contributed by atoms with Crippen LogP contribution in [0.2, 0.25) is 0 Å². The van der Waals surface area contributed by atoms with E-state index < -0.39 is 0 Å². The highest BCUT2D eigenvalue weighted by Gasteiger charge is 2.19. The molecule has 6 nitrogen and oxygen atoms in total. The smallest absolute Gasteiger partial charge is 0.202 e. The van der Waals surface area contributed by atoms with Crippen LogP contribution in [-0.4, -0.2) is 29.1 Å². The zero-order valence-electron chi connectivity index (χ0n) is 15.6. The summed E-state index contributed by atoms with van der Waals surface area (Å²) in [5.41, 5.74) is 3.80. The normalized spacial score (nSPS) is 10.5. The van der Waals surface area contributed by atoms with Crippen molar-refractivity contribution in [2.24, 2.45) is 0 Å². The maximum Gasteiger partial charge on any atom is 0.202 e. The summed E-state index contributed by atoms with van der Waals surface area (Å²) in [6, 6.07) is 8.73. The number of hydrogen-bond donors (Lipinski definition) is 0. The number of nitriles is 1. The second kappa shape index (κ2) is 7.64. The lowest BCUT2D eigenvalue weighted by Gasteiger charge is -2.10. The number of carbonyl (C=O) groups excluding carboxylic acids is 1. The fourth-order valence-electron chi connectivity index (χ4n) is 2.86. The summed E-state index contributed by atoms with van der Waals surface area (Å²) >= 11 is 1.54. The topological polar surface area (TPSA) is 77.1 Å². The molecule has 3 rings (SSSR count). The van der Waals surface area contributed by atoms with Crippen molar-refractivity contribution in [3.05, 3.63) is 57.9 Å². The third kappa shape index (κ3) is 3.71. The summed E-state index contributed by atoms with van der Waals surface area (Å²) in [4.78, 5) is 17.2. The summed E-state index contributed by atoms with van der Waals surface area (Å²) in [6.07, 6.45) is 0. The summed E-state index contributed by atoms with van der Waals surface area (Å²) in [7, 11) is 1.49. The summed E-state index contributed by atoms with van der Waals surface area (Å²) in [6.45, 7) is 5.67. The second-order valence-electron chi connectivity index (χ2n) is 6.08. The van der Waals surface area contributed by atoms with Crippen LogP contribution in [0.1, 0.15) is 33.0 Å². The molecule has 0 radical (unpaired) electrons. The second-order valence-corrected chi connectivity index (χ2v) is 6.92. The maximum absolute atomic E-state index is 12.7. The van der Waals surface area contributed by atoms with Crippen molar-refractivity contribution in [2.75, 3.05) is 13.7 Å². The highest BCUT2D eigenvalue weighted by atomic mass is 32.1. The lowest BCUT2D eigenvalue weighted by molar-refractivity contribution is 0.0919. The first kappa shape index (κ1) is 18.7. The molecule has 0 aliphatic carbocycles. The van der Waals surface area contributed by atoms with E-state index in [0.717, 1.165) is 22.2 Å². The molecule has 7 heteroatoms. The molecule has 27 heavy (non-hydrogen) atoms. The molecule has 0 saturated heterocycles. The van der Waals surface area contributed by atoms with Crippen LogP contribution in [0.4, 0.5) is 0 Å². The number of rotatable bonds is 6. The van der Waals surface area contributed by atoms with Gasteiger partial charge < -0.3 is 9.47 Å². The van der Waals surface area contributed by atoms with E-state index in [1.165, 1.54) is 7.11 Å². The van der Waals surface area contributed by atoms with Gasteiger partial charge >= 0.3 is 0 Å². The minimum atomic E-state index is -0.131. The lowest BCUT2D eigenvalue weighted by Crippen LogP contribution is -2.13. The van der Waals surface area contributed by atoms with Gasteiger partial charge in [0.25, 0.3) is 0 Å². The number of methoxy groups -OCH3 is 1. The van der Waals surface area contributed by atoms with Gasteiger partial charge in [-0.25, -0.2) is 4.98 Å². The van der Waals surface area contributed by atoms with Crippen LogP contribution in [-0.2, 0) is 0 Å². The standard InChI is InChI=1S/C20H19N3O3S/c1-12-11-27-20(22-12)23-13(2)7-16(14(23)3)17(24)10-26-18-6-5-15(9-21)8-19(18)25-4/h5-8,11H,10H2,1-4H3. The first-order chi connectivity index (χ1) is 12.9. The highest BCUT2D eigenvalue weighted by Crippen LogP contribution is 2.28. The predicted octanol–water partition coefficient (Wildman–Crippen LogP) is 4.00. The molecule has 138 valence electrons. The Morgan fingerprint density at radius 2 is 2.04 bits per heavy atom. The van der Waals surface area contributed by atoms with Crippen molar-refractivity contribution in [3.8, 4) is 22.7 Å². The van der Waals surface area contributed by atoms with Gasteiger partial charge in [-0.05, 0) is 39.0 Å². The third-order valence-corrected chi connectivity index (χ3v) is 5.12. The Bertz CT molecular complexity index is 1040. The van der Waals surface area contributed by atoms with E-state index >= 15 is 0 Å². The number of aromatic nitrogens is 2. The molecule has 0 unspecified atom stereocenters. The number of Topliss-reactive ketones (excluding diaryl/α,β-unsaturated/α-hetero) is 1. The van der Waals surface area contributed by atoms with Gasteiger partial charge in [-0.15, -0.1) is 11.3 Å². The lowest BCUT2D eigenvalue weighted by atomic mass is 10.1. The molecule has 0 aliphatic rings. The van der Waals surface area contributed by atoms with Gasteiger partial charge in [0.05, 0.1) is 24.4 Å². The monoisotopic (exact) mass is 381 g/mol. The van der Waals surface area contributed by atoms with Crippen LogP contribution < -0.4 is 9.47 Å². The van der Waals surface area contributed by atoms with E-state index in [9.17, 15) is 4.79 Å². The number of benzene rings is 1. The molecule has 3 aromatic rings. The number of ether oxygens (including phenoxy) is 2. The van der Waals surface area contributed by atoms with Crippen LogP contribution in [0.5, 0.6) is 11.5 Å². The molecule has 2 heterocycles. The van der Waals surface area contributed by atoms with Gasteiger partial charge in [-0.3, -0.25) is 9.36 Å². The molecule has 2 aromatic heterocycles. The Hall–Kier alpha value is -3.11.